The van der Waals surface area contributed by atoms with Crippen LogP contribution < -0.4 is 5.32 Å². The number of ether oxygens (including phenoxy) is 2. The van der Waals surface area contributed by atoms with Gasteiger partial charge < -0.3 is 9.47 Å². The van der Waals surface area contributed by atoms with Crippen LogP contribution in [0.2, 0.25) is 0 Å². The lowest BCUT2D eigenvalue weighted by Crippen LogP contribution is -2.27. The predicted molar refractivity (Wildman–Crippen MR) is 71.6 cm³/mol. The predicted octanol–water partition coefficient (Wildman–Crippen LogP) is 3.57. The number of benzene rings is 1. The first kappa shape index (κ1) is 14.5. The molecule has 0 bridgehead atoms. The van der Waals surface area contributed by atoms with E-state index in [0.29, 0.717) is 13.2 Å². The van der Waals surface area contributed by atoms with E-state index in [9.17, 15) is 4.79 Å². The van der Waals surface area contributed by atoms with Crippen molar-refractivity contribution >= 4 is 11.8 Å². The summed E-state index contributed by atoms with van der Waals surface area (Å²) in [6.45, 7) is 8.54. The van der Waals surface area contributed by atoms with Crippen LogP contribution in [0.25, 0.3) is 0 Å². The van der Waals surface area contributed by atoms with Crippen LogP contribution in [0, 0.1) is 0 Å². The molecule has 0 fully saturated rings. The van der Waals surface area contributed by atoms with Gasteiger partial charge in [-0.3, -0.25) is 5.32 Å². The number of carbonyl (C=O) groups is 1. The molecule has 0 aliphatic heterocycles. The number of nitrogens with one attached hydrogen (secondary N) is 1. The topological polar surface area (TPSA) is 47.6 Å². The van der Waals surface area contributed by atoms with E-state index in [-0.39, 0.29) is 0 Å². The molecule has 0 aliphatic rings. The first-order valence-electron chi connectivity index (χ1n) is 6.08. The summed E-state index contributed by atoms with van der Waals surface area (Å²) < 4.78 is 10.6. The molecule has 100 valence electrons. The van der Waals surface area contributed by atoms with Crippen molar-refractivity contribution in [2.75, 3.05) is 11.9 Å². The van der Waals surface area contributed by atoms with Crippen molar-refractivity contribution in [3.8, 4) is 0 Å². The largest absolute Gasteiger partial charge is 0.444 e. The van der Waals surface area contributed by atoms with Crippen LogP contribution in [0.3, 0.4) is 0 Å². The normalized spacial score (nSPS) is 11.1. The molecular formula is C14H21NO3. The standard InChI is InChI=1S/C14H21NO3/c1-5-17-10-11-8-6-7-9-12(11)15-13(16)18-14(2,3)4/h6-9H,5,10H2,1-4H3,(H,15,16). The van der Waals surface area contributed by atoms with Gasteiger partial charge in [0.2, 0.25) is 0 Å². The van der Waals surface area contributed by atoms with Gasteiger partial charge in [0.25, 0.3) is 0 Å². The lowest BCUT2D eigenvalue weighted by Gasteiger charge is -2.20. The molecule has 0 aromatic heterocycles. The van der Waals surface area contributed by atoms with Gasteiger partial charge in [-0.2, -0.15) is 0 Å². The molecule has 4 heteroatoms. The second kappa shape index (κ2) is 6.40. The molecule has 0 unspecified atom stereocenters. The van der Waals surface area contributed by atoms with Gasteiger partial charge in [0.05, 0.1) is 6.61 Å². The summed E-state index contributed by atoms with van der Waals surface area (Å²) in [5.41, 5.74) is 1.16. The Bertz CT molecular complexity index is 396. The van der Waals surface area contributed by atoms with E-state index in [1.54, 1.807) is 0 Å². The third-order valence-corrected chi connectivity index (χ3v) is 2.11. The summed E-state index contributed by atoms with van der Waals surface area (Å²) in [5, 5.41) is 2.73. The molecule has 1 aromatic rings. The quantitative estimate of drug-likeness (QED) is 0.889. The monoisotopic (exact) mass is 251 g/mol. The van der Waals surface area contributed by atoms with Crippen LogP contribution in [-0.4, -0.2) is 18.3 Å². The third kappa shape index (κ3) is 5.19. The molecule has 18 heavy (non-hydrogen) atoms. The van der Waals surface area contributed by atoms with E-state index in [2.05, 4.69) is 5.32 Å². The zero-order valence-electron chi connectivity index (χ0n) is 11.4. The first-order chi connectivity index (χ1) is 8.42. The van der Waals surface area contributed by atoms with Crippen molar-refractivity contribution in [3.05, 3.63) is 29.8 Å². The van der Waals surface area contributed by atoms with Crippen molar-refractivity contribution in [2.45, 2.75) is 39.9 Å². The van der Waals surface area contributed by atoms with Crippen LogP contribution in [0.1, 0.15) is 33.3 Å². The molecule has 0 saturated heterocycles. The molecule has 0 heterocycles. The van der Waals surface area contributed by atoms with Crippen molar-refractivity contribution < 1.29 is 14.3 Å². The van der Waals surface area contributed by atoms with Crippen molar-refractivity contribution in [2.24, 2.45) is 0 Å². The number of carbonyl (C=O) groups excluding carboxylic acids is 1. The maximum absolute atomic E-state index is 11.7. The minimum atomic E-state index is -0.501. The summed E-state index contributed by atoms with van der Waals surface area (Å²) in [4.78, 5) is 11.7. The fourth-order valence-corrected chi connectivity index (χ4v) is 1.39. The molecule has 0 atom stereocenters. The molecule has 0 spiro atoms. The summed E-state index contributed by atoms with van der Waals surface area (Å²) >= 11 is 0. The molecule has 1 N–H and O–H groups in total. The Morgan fingerprint density at radius 3 is 2.56 bits per heavy atom. The third-order valence-electron chi connectivity index (χ3n) is 2.11. The van der Waals surface area contributed by atoms with Gasteiger partial charge in [0, 0.05) is 17.9 Å². The maximum atomic E-state index is 11.7. The Morgan fingerprint density at radius 2 is 1.94 bits per heavy atom. The lowest BCUT2D eigenvalue weighted by atomic mass is 10.2. The summed E-state index contributed by atoms with van der Waals surface area (Å²) in [6, 6.07) is 7.53. The fraction of sp³-hybridized carbons (Fsp3) is 0.500. The minimum Gasteiger partial charge on any atom is -0.444 e. The molecule has 1 rings (SSSR count). The second-order valence-electron chi connectivity index (χ2n) is 4.92. The molecule has 0 radical (unpaired) electrons. The van der Waals surface area contributed by atoms with Crippen LogP contribution >= 0.6 is 0 Å². The van der Waals surface area contributed by atoms with Crippen LogP contribution in [-0.2, 0) is 16.1 Å². The lowest BCUT2D eigenvalue weighted by molar-refractivity contribution is 0.0635. The second-order valence-corrected chi connectivity index (χ2v) is 4.92. The molecule has 0 aliphatic carbocycles. The van der Waals surface area contributed by atoms with Gasteiger partial charge in [0.1, 0.15) is 5.60 Å². The Balaban J connectivity index is 2.68. The van der Waals surface area contributed by atoms with E-state index in [1.165, 1.54) is 0 Å². The molecule has 0 saturated carbocycles. The number of amides is 1. The molecule has 4 nitrogen and oxygen atoms in total. The highest BCUT2D eigenvalue weighted by atomic mass is 16.6. The van der Waals surface area contributed by atoms with Crippen LogP contribution in [0.15, 0.2) is 24.3 Å². The fourth-order valence-electron chi connectivity index (χ4n) is 1.39. The van der Waals surface area contributed by atoms with Crippen molar-refractivity contribution in [3.63, 3.8) is 0 Å². The zero-order chi connectivity index (χ0) is 13.6. The number of rotatable bonds is 4. The highest BCUT2D eigenvalue weighted by Gasteiger charge is 2.16. The van der Waals surface area contributed by atoms with E-state index < -0.39 is 11.7 Å². The van der Waals surface area contributed by atoms with Crippen molar-refractivity contribution in [1.29, 1.82) is 0 Å². The van der Waals surface area contributed by atoms with Crippen LogP contribution in [0.5, 0.6) is 0 Å². The van der Waals surface area contributed by atoms with Gasteiger partial charge in [-0.15, -0.1) is 0 Å². The van der Waals surface area contributed by atoms with E-state index >= 15 is 0 Å². The number of hydrogen-bond donors (Lipinski definition) is 1. The summed E-state index contributed by atoms with van der Waals surface area (Å²) in [7, 11) is 0. The maximum Gasteiger partial charge on any atom is 0.412 e. The van der Waals surface area contributed by atoms with Crippen molar-refractivity contribution in [1.82, 2.24) is 0 Å². The Labute approximate surface area is 108 Å². The molecule has 1 amide bonds. The highest BCUT2D eigenvalue weighted by Crippen LogP contribution is 2.17. The van der Waals surface area contributed by atoms with E-state index in [4.69, 9.17) is 9.47 Å². The van der Waals surface area contributed by atoms with Gasteiger partial charge >= 0.3 is 6.09 Å². The Kier molecular flexibility index (Phi) is 5.16. The molecule has 1 aromatic carbocycles. The minimum absolute atomic E-state index is 0.452. The van der Waals surface area contributed by atoms with Gasteiger partial charge in [-0.25, -0.2) is 4.79 Å². The Morgan fingerprint density at radius 1 is 1.28 bits per heavy atom. The average Bonchev–Trinajstić information content (AvgIpc) is 2.25. The SMILES string of the molecule is CCOCc1ccccc1NC(=O)OC(C)(C)C. The molecular weight excluding hydrogens is 230 g/mol. The average molecular weight is 251 g/mol. The number of para-hydroxylation sites is 1. The summed E-state index contributed by atoms with van der Waals surface area (Å²) in [6.07, 6.45) is -0.452. The van der Waals surface area contributed by atoms with Gasteiger partial charge in [-0.05, 0) is 33.8 Å². The Hall–Kier alpha value is -1.55. The van der Waals surface area contributed by atoms with Crippen LogP contribution in [0.4, 0.5) is 10.5 Å². The first-order valence-corrected chi connectivity index (χ1v) is 6.08. The zero-order valence-corrected chi connectivity index (χ0v) is 11.4. The number of hydrogen-bond acceptors (Lipinski definition) is 3. The van der Waals surface area contributed by atoms with Gasteiger partial charge in [-0.1, -0.05) is 18.2 Å². The highest BCUT2D eigenvalue weighted by molar-refractivity contribution is 5.85. The number of anilines is 1. The van der Waals surface area contributed by atoms with E-state index in [1.807, 2.05) is 52.0 Å². The summed E-state index contributed by atoms with van der Waals surface area (Å²) in [5.74, 6) is 0. The smallest absolute Gasteiger partial charge is 0.412 e. The van der Waals surface area contributed by atoms with E-state index in [0.717, 1.165) is 11.3 Å². The van der Waals surface area contributed by atoms with Gasteiger partial charge in [0.15, 0.2) is 0 Å².